The van der Waals surface area contributed by atoms with Crippen molar-refractivity contribution >= 4 is 5.97 Å². The van der Waals surface area contributed by atoms with E-state index in [0.29, 0.717) is 0 Å². The van der Waals surface area contributed by atoms with Crippen molar-refractivity contribution in [2.75, 3.05) is 27.4 Å². The quantitative estimate of drug-likeness (QED) is 0.750. The summed E-state index contributed by atoms with van der Waals surface area (Å²) in [6, 6.07) is 6.23. The number of benzene rings is 1. The van der Waals surface area contributed by atoms with Crippen molar-refractivity contribution < 1.29 is 19.4 Å². The normalized spacial score (nSPS) is 15.3. The molecule has 5 heteroatoms. The molecule has 27 heavy (non-hydrogen) atoms. The summed E-state index contributed by atoms with van der Waals surface area (Å²) in [4.78, 5) is 10.4. The number of hydrogen-bond donors (Lipinski definition) is 2. The number of carboxylic acid groups (broad SMARTS) is 1. The number of aliphatic carboxylic acids is 1. The second-order valence-electron chi connectivity index (χ2n) is 7.65. The SMILES string of the molecule is C=C1C=C(NCC(=O)O)CC(C)(C)C1.COCCc1ccc(C)cc1OC. The maximum atomic E-state index is 10.4. The van der Waals surface area contributed by atoms with Crippen molar-refractivity contribution in [3.05, 3.63) is 53.3 Å². The second kappa shape index (κ2) is 10.8. The van der Waals surface area contributed by atoms with Crippen LogP contribution in [0.4, 0.5) is 0 Å². The van der Waals surface area contributed by atoms with Crippen molar-refractivity contribution in [1.29, 1.82) is 0 Å². The average Bonchev–Trinajstić information content (AvgIpc) is 2.57. The van der Waals surface area contributed by atoms with Crippen LogP contribution in [0.2, 0.25) is 0 Å². The molecule has 2 rings (SSSR count). The summed E-state index contributed by atoms with van der Waals surface area (Å²) < 4.78 is 10.3. The number of hydrogen-bond acceptors (Lipinski definition) is 4. The van der Waals surface area contributed by atoms with Gasteiger partial charge in [0.2, 0.25) is 0 Å². The van der Waals surface area contributed by atoms with Crippen LogP contribution in [0.3, 0.4) is 0 Å². The standard InChI is InChI=1S/C11H17NO2.C11H16O2/c1-8-4-9(12-7-10(13)14)6-11(2,3)5-8;1-9-4-5-10(6-7-12-2)11(8-9)13-3/h4,12H,1,5-7H2,2-3H3,(H,13,14);4-5,8H,6-7H2,1-3H3. The smallest absolute Gasteiger partial charge is 0.322 e. The van der Waals surface area contributed by atoms with Crippen molar-refractivity contribution in [2.24, 2.45) is 5.41 Å². The molecule has 0 amide bonds. The van der Waals surface area contributed by atoms with Gasteiger partial charge in [-0.1, -0.05) is 38.1 Å². The Bertz CT molecular complexity index is 677. The second-order valence-corrected chi connectivity index (χ2v) is 7.65. The molecule has 5 nitrogen and oxygen atoms in total. The number of ether oxygens (including phenoxy) is 2. The minimum absolute atomic E-state index is 0.0187. The highest BCUT2D eigenvalue weighted by Gasteiger charge is 2.24. The van der Waals surface area contributed by atoms with E-state index in [4.69, 9.17) is 14.6 Å². The molecule has 0 unspecified atom stereocenters. The molecule has 0 saturated carbocycles. The monoisotopic (exact) mass is 375 g/mol. The van der Waals surface area contributed by atoms with Crippen molar-refractivity contribution in [1.82, 2.24) is 5.32 Å². The summed E-state index contributed by atoms with van der Waals surface area (Å²) in [5.74, 6) is 0.122. The Labute approximate surface area is 163 Å². The lowest BCUT2D eigenvalue weighted by atomic mass is 9.77. The van der Waals surface area contributed by atoms with E-state index in [0.717, 1.165) is 42.9 Å². The third kappa shape index (κ3) is 8.78. The Morgan fingerprint density at radius 1 is 1.30 bits per heavy atom. The van der Waals surface area contributed by atoms with Gasteiger partial charge in [0.25, 0.3) is 0 Å². The van der Waals surface area contributed by atoms with Gasteiger partial charge in [-0.25, -0.2) is 0 Å². The van der Waals surface area contributed by atoms with Crippen LogP contribution in [0.15, 0.2) is 42.1 Å². The number of rotatable bonds is 7. The number of carboxylic acids is 1. The summed E-state index contributed by atoms with van der Waals surface area (Å²) in [5.41, 5.74) is 4.66. The van der Waals surface area contributed by atoms with Gasteiger partial charge < -0.3 is 19.9 Å². The van der Waals surface area contributed by atoms with E-state index in [1.165, 1.54) is 11.1 Å². The van der Waals surface area contributed by atoms with Gasteiger partial charge >= 0.3 is 5.97 Å². The minimum Gasteiger partial charge on any atom is -0.496 e. The summed E-state index contributed by atoms with van der Waals surface area (Å²) in [5, 5.41) is 11.4. The molecule has 0 bridgehead atoms. The van der Waals surface area contributed by atoms with Crippen molar-refractivity contribution in [2.45, 2.75) is 40.0 Å². The fraction of sp³-hybridized carbons (Fsp3) is 0.500. The van der Waals surface area contributed by atoms with Crippen LogP contribution in [0.5, 0.6) is 5.75 Å². The lowest BCUT2D eigenvalue weighted by Gasteiger charge is -2.31. The molecule has 0 atom stereocenters. The van der Waals surface area contributed by atoms with E-state index >= 15 is 0 Å². The molecule has 1 aliphatic rings. The third-order valence-corrected chi connectivity index (χ3v) is 4.24. The molecule has 1 aromatic rings. The maximum Gasteiger partial charge on any atom is 0.322 e. The fourth-order valence-electron chi connectivity index (χ4n) is 3.11. The first-order chi connectivity index (χ1) is 12.7. The van der Waals surface area contributed by atoms with E-state index in [9.17, 15) is 4.79 Å². The molecule has 1 aliphatic carbocycles. The first kappa shape index (κ1) is 22.8. The van der Waals surface area contributed by atoms with Gasteiger partial charge in [-0.05, 0) is 54.9 Å². The average molecular weight is 376 g/mol. The molecule has 0 aliphatic heterocycles. The molecule has 0 radical (unpaired) electrons. The predicted molar refractivity (Wildman–Crippen MR) is 109 cm³/mol. The topological polar surface area (TPSA) is 67.8 Å². The lowest BCUT2D eigenvalue weighted by molar-refractivity contribution is -0.135. The molecule has 0 aromatic heterocycles. The highest BCUT2D eigenvalue weighted by Crippen LogP contribution is 2.36. The fourth-order valence-corrected chi connectivity index (χ4v) is 3.11. The van der Waals surface area contributed by atoms with Gasteiger partial charge in [-0.15, -0.1) is 0 Å². The van der Waals surface area contributed by atoms with E-state index in [-0.39, 0.29) is 12.0 Å². The molecule has 0 heterocycles. The summed E-state index contributed by atoms with van der Waals surface area (Å²) in [6.45, 7) is 11.0. The first-order valence-corrected chi connectivity index (χ1v) is 9.13. The highest BCUT2D eigenvalue weighted by atomic mass is 16.5. The number of methoxy groups -OCH3 is 2. The van der Waals surface area contributed by atoms with E-state index in [2.05, 4.69) is 44.8 Å². The van der Waals surface area contributed by atoms with Gasteiger partial charge in [0.05, 0.1) is 13.7 Å². The van der Waals surface area contributed by atoms with Gasteiger partial charge in [0.1, 0.15) is 12.3 Å². The molecule has 0 fully saturated rings. The lowest BCUT2D eigenvalue weighted by Crippen LogP contribution is -2.28. The van der Waals surface area contributed by atoms with Gasteiger partial charge in [-0.3, -0.25) is 4.79 Å². The number of aryl methyl sites for hydroxylation is 1. The van der Waals surface area contributed by atoms with E-state index in [1.54, 1.807) is 14.2 Å². The van der Waals surface area contributed by atoms with Gasteiger partial charge in [-0.2, -0.15) is 0 Å². The van der Waals surface area contributed by atoms with Crippen LogP contribution in [-0.4, -0.2) is 38.4 Å². The molecule has 2 N–H and O–H groups in total. The van der Waals surface area contributed by atoms with Crippen LogP contribution in [0, 0.1) is 12.3 Å². The van der Waals surface area contributed by atoms with Crippen LogP contribution in [-0.2, 0) is 16.0 Å². The van der Waals surface area contributed by atoms with E-state index < -0.39 is 5.97 Å². The molecular weight excluding hydrogens is 342 g/mol. The Balaban J connectivity index is 0.000000271. The largest absolute Gasteiger partial charge is 0.496 e. The molecule has 0 saturated heterocycles. The van der Waals surface area contributed by atoms with Crippen LogP contribution in [0.25, 0.3) is 0 Å². The predicted octanol–water partition coefficient (Wildman–Crippen LogP) is 4.11. The van der Waals surface area contributed by atoms with Crippen LogP contribution >= 0.6 is 0 Å². The Morgan fingerprint density at radius 3 is 2.56 bits per heavy atom. The van der Waals surface area contributed by atoms with Gasteiger partial charge in [0, 0.05) is 12.8 Å². The zero-order valence-electron chi connectivity index (χ0n) is 17.2. The van der Waals surface area contributed by atoms with Crippen molar-refractivity contribution in [3.63, 3.8) is 0 Å². The Morgan fingerprint density at radius 2 is 2.00 bits per heavy atom. The van der Waals surface area contributed by atoms with Gasteiger partial charge in [0.15, 0.2) is 0 Å². The number of carbonyl (C=O) groups is 1. The summed E-state index contributed by atoms with van der Waals surface area (Å²) in [6.07, 6.45) is 4.72. The Hall–Kier alpha value is -2.27. The summed E-state index contributed by atoms with van der Waals surface area (Å²) >= 11 is 0. The first-order valence-electron chi connectivity index (χ1n) is 9.13. The maximum absolute atomic E-state index is 10.4. The number of allylic oxidation sites excluding steroid dienone is 3. The van der Waals surface area contributed by atoms with Crippen LogP contribution in [0.1, 0.15) is 37.8 Å². The molecular formula is C22H33NO4. The minimum atomic E-state index is -0.833. The van der Waals surface area contributed by atoms with Crippen LogP contribution < -0.4 is 10.1 Å². The number of nitrogens with one attached hydrogen (secondary N) is 1. The zero-order chi connectivity index (χ0) is 20.4. The Kier molecular flexibility index (Phi) is 9.09. The third-order valence-electron chi connectivity index (χ3n) is 4.24. The molecule has 150 valence electrons. The summed E-state index contributed by atoms with van der Waals surface area (Å²) in [7, 11) is 3.41. The zero-order valence-corrected chi connectivity index (χ0v) is 17.2. The molecule has 1 aromatic carbocycles. The van der Waals surface area contributed by atoms with Crippen molar-refractivity contribution in [3.8, 4) is 5.75 Å². The van der Waals surface area contributed by atoms with E-state index in [1.807, 2.05) is 12.1 Å². The molecule has 0 spiro atoms. The highest BCUT2D eigenvalue weighted by molar-refractivity contribution is 5.69.